The minimum Gasteiger partial charge on any atom is -0.484 e. The molecule has 2 aromatic heterocycles. The molecule has 0 saturated carbocycles. The summed E-state index contributed by atoms with van der Waals surface area (Å²) in [5.41, 5.74) is 2.13. The van der Waals surface area contributed by atoms with Crippen LogP contribution in [0, 0.1) is 6.92 Å². The number of carboxylic acid groups (broad SMARTS) is 1. The Labute approximate surface area is 197 Å². The van der Waals surface area contributed by atoms with Gasteiger partial charge in [-0.2, -0.15) is 0 Å². The number of carbonyl (C=O) groups excluding carboxylic acids is 1. The molecule has 0 radical (unpaired) electrons. The van der Waals surface area contributed by atoms with Crippen molar-refractivity contribution in [2.24, 2.45) is 0 Å². The number of ether oxygens (including phenoxy) is 1. The Morgan fingerprint density at radius 2 is 1.91 bits per heavy atom. The summed E-state index contributed by atoms with van der Waals surface area (Å²) in [6.45, 7) is 3.57. The number of carbonyl (C=O) groups is 2. The number of benzene rings is 2. The lowest BCUT2D eigenvalue weighted by molar-refractivity contribution is 0.0696. The number of fused-ring (bicyclic) bond motifs is 1. The maximum atomic E-state index is 12.7. The molecular formula is C22H17Cl2N3O4S. The predicted molar refractivity (Wildman–Crippen MR) is 126 cm³/mol. The lowest BCUT2D eigenvalue weighted by Crippen LogP contribution is -2.12. The fraction of sp³-hybridized carbons (Fsp3) is 0.136. The van der Waals surface area contributed by atoms with Gasteiger partial charge in [-0.15, -0.1) is 0 Å². The molecule has 0 aliphatic carbocycles. The number of halogens is 2. The van der Waals surface area contributed by atoms with Gasteiger partial charge in [0, 0.05) is 5.69 Å². The number of aromatic amines is 1. The molecule has 2 aromatic carbocycles. The number of aromatic nitrogens is 2. The van der Waals surface area contributed by atoms with Gasteiger partial charge in [-0.25, -0.2) is 9.78 Å². The maximum Gasteiger partial charge on any atom is 0.335 e. The van der Waals surface area contributed by atoms with E-state index >= 15 is 0 Å². The number of amides is 1. The number of hydrogen-bond donors (Lipinski definition) is 3. The van der Waals surface area contributed by atoms with Crippen LogP contribution in [0.15, 0.2) is 42.5 Å². The highest BCUT2D eigenvalue weighted by Crippen LogP contribution is 2.37. The number of aryl methyl sites for hydroxylation is 1. The molecule has 4 rings (SSSR count). The number of thiazole rings is 1. The van der Waals surface area contributed by atoms with Crippen LogP contribution >= 0.6 is 34.5 Å². The topological polar surface area (TPSA) is 104 Å². The van der Waals surface area contributed by atoms with Gasteiger partial charge >= 0.3 is 5.97 Å². The molecule has 10 heteroatoms. The van der Waals surface area contributed by atoms with Gasteiger partial charge in [0.05, 0.1) is 20.3 Å². The Kier molecular flexibility index (Phi) is 6.10. The average molecular weight is 490 g/mol. The molecule has 7 nitrogen and oxygen atoms in total. The molecule has 0 aliphatic heterocycles. The molecule has 0 fully saturated rings. The summed E-state index contributed by atoms with van der Waals surface area (Å²) >= 11 is 13.3. The number of nitrogens with one attached hydrogen (secondary N) is 2. The number of rotatable bonds is 6. The Morgan fingerprint density at radius 1 is 1.19 bits per heavy atom. The van der Waals surface area contributed by atoms with E-state index in [4.69, 9.17) is 27.9 Å². The van der Waals surface area contributed by atoms with E-state index in [0.717, 1.165) is 16.9 Å². The largest absolute Gasteiger partial charge is 0.484 e. The first-order valence-corrected chi connectivity index (χ1v) is 11.1. The number of nitrogens with zero attached hydrogens (tertiary/aromatic N) is 1. The standard InChI is InChI=1S/C22H17Cl2N3O4S/c1-10-16(23)17(24)19(25-10)20(28)27-22-26-18-14(8-13(21(29)30)9-15(18)32-22)31-11(2)12-6-4-3-5-7-12/h3-9,11,25H,1-2H3,(H,29,30)(H,26,27,28). The lowest BCUT2D eigenvalue weighted by atomic mass is 10.1. The third-order valence-electron chi connectivity index (χ3n) is 4.78. The van der Waals surface area contributed by atoms with Crippen LogP contribution in [0.25, 0.3) is 10.2 Å². The maximum absolute atomic E-state index is 12.7. The Bertz CT molecular complexity index is 1330. The Balaban J connectivity index is 1.69. The van der Waals surface area contributed by atoms with Crippen molar-refractivity contribution in [3.63, 3.8) is 0 Å². The summed E-state index contributed by atoms with van der Waals surface area (Å²) in [5.74, 6) is -1.29. The lowest BCUT2D eigenvalue weighted by Gasteiger charge is -2.15. The van der Waals surface area contributed by atoms with Crippen molar-refractivity contribution in [2.45, 2.75) is 20.0 Å². The third-order valence-corrected chi connectivity index (χ3v) is 6.65. The first kappa shape index (κ1) is 22.1. The highest BCUT2D eigenvalue weighted by molar-refractivity contribution is 7.22. The highest BCUT2D eigenvalue weighted by Gasteiger charge is 2.21. The van der Waals surface area contributed by atoms with Crippen LogP contribution in [-0.2, 0) is 0 Å². The van der Waals surface area contributed by atoms with Crippen LogP contribution in [0.5, 0.6) is 5.75 Å². The van der Waals surface area contributed by atoms with Crippen molar-refractivity contribution >= 4 is 61.8 Å². The monoisotopic (exact) mass is 489 g/mol. The first-order valence-electron chi connectivity index (χ1n) is 9.49. The fourth-order valence-corrected chi connectivity index (χ4v) is 4.47. The number of aromatic carboxylic acids is 1. The minimum atomic E-state index is -1.09. The summed E-state index contributed by atoms with van der Waals surface area (Å²) in [7, 11) is 0. The van der Waals surface area contributed by atoms with E-state index in [9.17, 15) is 14.7 Å². The molecule has 3 N–H and O–H groups in total. The Hall–Kier alpha value is -3.07. The number of hydrogen-bond acceptors (Lipinski definition) is 5. The third kappa shape index (κ3) is 4.29. The quantitative estimate of drug-likeness (QED) is 0.293. The molecule has 1 amide bonds. The van der Waals surface area contributed by atoms with E-state index in [-0.39, 0.29) is 32.5 Å². The number of H-pyrrole nitrogens is 1. The van der Waals surface area contributed by atoms with E-state index in [0.29, 0.717) is 21.7 Å². The van der Waals surface area contributed by atoms with Crippen molar-refractivity contribution < 1.29 is 19.4 Å². The molecule has 0 aliphatic rings. The SMILES string of the molecule is Cc1[nH]c(C(=O)Nc2nc3c(OC(C)c4ccccc4)cc(C(=O)O)cc3s2)c(Cl)c1Cl. The smallest absolute Gasteiger partial charge is 0.335 e. The molecular weight excluding hydrogens is 473 g/mol. The van der Waals surface area contributed by atoms with Crippen LogP contribution in [0.4, 0.5) is 5.13 Å². The van der Waals surface area contributed by atoms with Crippen molar-refractivity contribution in [1.82, 2.24) is 9.97 Å². The minimum absolute atomic E-state index is 0.0594. The molecule has 4 aromatic rings. The molecule has 0 bridgehead atoms. The first-order chi connectivity index (χ1) is 15.2. The van der Waals surface area contributed by atoms with E-state index < -0.39 is 11.9 Å². The van der Waals surface area contributed by atoms with Gasteiger partial charge in [0.25, 0.3) is 5.91 Å². The predicted octanol–water partition coefficient (Wildman–Crippen LogP) is 6.33. The summed E-state index contributed by atoms with van der Waals surface area (Å²) in [4.78, 5) is 31.6. The zero-order chi connectivity index (χ0) is 23.0. The molecule has 1 atom stereocenters. The van der Waals surface area contributed by atoms with E-state index in [2.05, 4.69) is 15.3 Å². The molecule has 2 heterocycles. The van der Waals surface area contributed by atoms with Gasteiger partial charge in [-0.3, -0.25) is 10.1 Å². The second-order valence-electron chi connectivity index (χ2n) is 7.02. The summed E-state index contributed by atoms with van der Waals surface area (Å²) in [5, 5.41) is 12.9. The van der Waals surface area contributed by atoms with Crippen LogP contribution < -0.4 is 10.1 Å². The number of anilines is 1. The van der Waals surface area contributed by atoms with Crippen LogP contribution in [0.3, 0.4) is 0 Å². The van der Waals surface area contributed by atoms with Crippen LogP contribution in [0.1, 0.15) is 45.1 Å². The van der Waals surface area contributed by atoms with Gasteiger partial charge in [-0.05, 0) is 31.5 Å². The van der Waals surface area contributed by atoms with Crippen molar-refractivity contribution in [2.75, 3.05) is 5.32 Å². The molecule has 0 saturated heterocycles. The van der Waals surface area contributed by atoms with Gasteiger partial charge in [0.2, 0.25) is 0 Å². The van der Waals surface area contributed by atoms with Crippen molar-refractivity contribution in [1.29, 1.82) is 0 Å². The van der Waals surface area contributed by atoms with E-state index in [1.165, 1.54) is 12.1 Å². The zero-order valence-electron chi connectivity index (χ0n) is 16.9. The molecule has 0 spiro atoms. The summed E-state index contributed by atoms with van der Waals surface area (Å²) in [6.07, 6.45) is -0.342. The Morgan fingerprint density at radius 3 is 2.53 bits per heavy atom. The fourth-order valence-electron chi connectivity index (χ4n) is 3.14. The summed E-state index contributed by atoms with van der Waals surface area (Å²) in [6, 6.07) is 12.5. The van der Waals surface area contributed by atoms with E-state index in [1.54, 1.807) is 6.92 Å². The second kappa shape index (κ2) is 8.82. The second-order valence-corrected chi connectivity index (χ2v) is 8.81. The van der Waals surface area contributed by atoms with E-state index in [1.807, 2.05) is 37.3 Å². The van der Waals surface area contributed by atoms with Gasteiger partial charge in [0.1, 0.15) is 23.1 Å². The van der Waals surface area contributed by atoms with Crippen molar-refractivity contribution in [3.8, 4) is 5.75 Å². The average Bonchev–Trinajstić information content (AvgIpc) is 3.29. The normalized spacial score (nSPS) is 12.0. The molecule has 164 valence electrons. The van der Waals surface area contributed by atoms with Crippen molar-refractivity contribution in [3.05, 3.63) is 75.0 Å². The van der Waals surface area contributed by atoms with Crippen LogP contribution in [-0.4, -0.2) is 27.0 Å². The highest BCUT2D eigenvalue weighted by atomic mass is 35.5. The van der Waals surface area contributed by atoms with Crippen LogP contribution in [0.2, 0.25) is 10.0 Å². The number of carboxylic acids is 1. The summed E-state index contributed by atoms with van der Waals surface area (Å²) < 4.78 is 6.63. The molecule has 1 unspecified atom stereocenters. The zero-order valence-corrected chi connectivity index (χ0v) is 19.2. The van der Waals surface area contributed by atoms with Gasteiger partial charge in [-0.1, -0.05) is 64.9 Å². The van der Waals surface area contributed by atoms with Gasteiger partial charge < -0.3 is 14.8 Å². The van der Waals surface area contributed by atoms with Gasteiger partial charge in [0.15, 0.2) is 5.13 Å². The molecule has 32 heavy (non-hydrogen) atoms.